The van der Waals surface area contributed by atoms with Gasteiger partial charge in [0.25, 0.3) is 0 Å². The predicted molar refractivity (Wildman–Crippen MR) is 74.1 cm³/mol. The number of hydrogen-bond acceptors (Lipinski definition) is 4. The van der Waals surface area contributed by atoms with Crippen LogP contribution in [0.25, 0.3) is 0 Å². The zero-order valence-corrected chi connectivity index (χ0v) is 11.8. The molecule has 2 aliphatic heterocycles. The summed E-state index contributed by atoms with van der Waals surface area (Å²) in [4.78, 5) is 8.04. The van der Waals surface area contributed by atoms with Gasteiger partial charge in [0.1, 0.15) is 5.82 Å². The number of aromatic nitrogens is 1. The summed E-state index contributed by atoms with van der Waals surface area (Å²) in [6.45, 7) is 3.37. The number of thioether (sulfide) groups is 1. The Morgan fingerprint density at radius 2 is 1.90 bits per heavy atom. The van der Waals surface area contributed by atoms with Crippen LogP contribution in [0.1, 0.15) is 5.56 Å². The Labute approximate surface area is 120 Å². The van der Waals surface area contributed by atoms with Gasteiger partial charge >= 0.3 is 6.18 Å². The SMILES string of the molecule is FC(F)(F)c1cccnc1N1CC(N2CCSCC2)C1. The van der Waals surface area contributed by atoms with Crippen LogP contribution in [0.5, 0.6) is 0 Å². The summed E-state index contributed by atoms with van der Waals surface area (Å²) >= 11 is 1.94. The van der Waals surface area contributed by atoms with Crippen LogP contribution >= 0.6 is 11.8 Å². The minimum absolute atomic E-state index is 0.0719. The van der Waals surface area contributed by atoms with E-state index in [1.807, 2.05) is 11.8 Å². The molecule has 110 valence electrons. The molecule has 3 nitrogen and oxygen atoms in total. The van der Waals surface area contributed by atoms with Crippen molar-refractivity contribution in [3.05, 3.63) is 23.9 Å². The zero-order chi connectivity index (χ0) is 14.2. The molecule has 0 saturated carbocycles. The molecular weight excluding hydrogens is 287 g/mol. The highest BCUT2D eigenvalue weighted by atomic mass is 32.2. The number of halogens is 3. The van der Waals surface area contributed by atoms with Gasteiger partial charge in [-0.25, -0.2) is 4.98 Å². The summed E-state index contributed by atoms with van der Waals surface area (Å²) in [5.74, 6) is 2.31. The molecule has 1 aromatic rings. The van der Waals surface area contributed by atoms with Crippen LogP contribution in [0.15, 0.2) is 18.3 Å². The highest BCUT2D eigenvalue weighted by Gasteiger charge is 2.40. The van der Waals surface area contributed by atoms with E-state index >= 15 is 0 Å². The molecule has 0 bridgehead atoms. The third-order valence-corrected chi connectivity index (χ3v) is 4.76. The van der Waals surface area contributed by atoms with Crippen molar-refractivity contribution in [1.82, 2.24) is 9.88 Å². The lowest BCUT2D eigenvalue weighted by atomic mass is 10.1. The van der Waals surface area contributed by atoms with Crippen molar-refractivity contribution < 1.29 is 13.2 Å². The molecule has 20 heavy (non-hydrogen) atoms. The number of alkyl halides is 3. The zero-order valence-electron chi connectivity index (χ0n) is 10.9. The van der Waals surface area contributed by atoms with Gasteiger partial charge in [-0.15, -0.1) is 0 Å². The van der Waals surface area contributed by atoms with E-state index in [9.17, 15) is 13.2 Å². The van der Waals surface area contributed by atoms with Crippen molar-refractivity contribution in [1.29, 1.82) is 0 Å². The lowest BCUT2D eigenvalue weighted by Crippen LogP contribution is -2.61. The molecule has 0 aliphatic carbocycles. The molecule has 0 radical (unpaired) electrons. The smallest absolute Gasteiger partial charge is 0.353 e. The van der Waals surface area contributed by atoms with Crippen LogP contribution in [0.2, 0.25) is 0 Å². The van der Waals surface area contributed by atoms with Gasteiger partial charge in [-0.1, -0.05) is 0 Å². The summed E-state index contributed by atoms with van der Waals surface area (Å²) in [5, 5.41) is 0. The van der Waals surface area contributed by atoms with E-state index in [1.54, 1.807) is 4.90 Å². The van der Waals surface area contributed by atoms with Crippen LogP contribution in [0, 0.1) is 0 Å². The number of pyridine rings is 1. The summed E-state index contributed by atoms with van der Waals surface area (Å²) in [6, 6.07) is 2.82. The molecule has 0 atom stereocenters. The molecule has 2 aliphatic rings. The number of nitrogens with zero attached hydrogens (tertiary/aromatic N) is 3. The van der Waals surface area contributed by atoms with Crippen molar-refractivity contribution in [2.75, 3.05) is 42.6 Å². The van der Waals surface area contributed by atoms with Crippen LogP contribution in [-0.2, 0) is 6.18 Å². The molecule has 1 aromatic heterocycles. The first-order valence-electron chi connectivity index (χ1n) is 6.64. The Morgan fingerprint density at radius 3 is 2.55 bits per heavy atom. The van der Waals surface area contributed by atoms with Crippen LogP contribution in [0.4, 0.5) is 19.0 Å². The van der Waals surface area contributed by atoms with Gasteiger partial charge in [-0.3, -0.25) is 4.90 Å². The molecule has 0 spiro atoms. The van der Waals surface area contributed by atoms with Gasteiger partial charge in [-0.05, 0) is 12.1 Å². The fourth-order valence-electron chi connectivity index (χ4n) is 2.67. The molecule has 0 amide bonds. The Morgan fingerprint density at radius 1 is 1.20 bits per heavy atom. The maximum Gasteiger partial charge on any atom is 0.419 e. The van der Waals surface area contributed by atoms with Gasteiger partial charge < -0.3 is 4.90 Å². The van der Waals surface area contributed by atoms with Crippen LogP contribution in [-0.4, -0.2) is 53.6 Å². The fourth-order valence-corrected chi connectivity index (χ4v) is 3.60. The van der Waals surface area contributed by atoms with Crippen molar-refractivity contribution in [2.24, 2.45) is 0 Å². The van der Waals surface area contributed by atoms with E-state index in [2.05, 4.69) is 9.88 Å². The Hall–Kier alpha value is -0.950. The van der Waals surface area contributed by atoms with Gasteiger partial charge in [0, 0.05) is 49.9 Å². The maximum atomic E-state index is 12.9. The summed E-state index contributed by atoms with van der Waals surface area (Å²) in [6.07, 6.45) is -2.91. The number of rotatable bonds is 2. The molecule has 2 fully saturated rings. The Balaban J connectivity index is 1.68. The second-order valence-corrected chi connectivity index (χ2v) is 6.30. The van der Waals surface area contributed by atoms with Crippen molar-refractivity contribution in [3.8, 4) is 0 Å². The lowest BCUT2D eigenvalue weighted by molar-refractivity contribution is -0.137. The first-order chi connectivity index (χ1) is 9.55. The normalized spacial score (nSPS) is 21.9. The Bertz CT molecular complexity index is 468. The topological polar surface area (TPSA) is 19.4 Å². The maximum absolute atomic E-state index is 12.9. The average Bonchev–Trinajstić information content (AvgIpc) is 2.38. The van der Waals surface area contributed by atoms with Gasteiger partial charge in [0.15, 0.2) is 0 Å². The monoisotopic (exact) mass is 303 g/mol. The fraction of sp³-hybridized carbons (Fsp3) is 0.615. The minimum atomic E-state index is -4.34. The first kappa shape index (κ1) is 14.0. The molecule has 2 saturated heterocycles. The molecular formula is C13H16F3N3S. The minimum Gasteiger partial charge on any atom is -0.353 e. The van der Waals surface area contributed by atoms with Crippen molar-refractivity contribution in [3.63, 3.8) is 0 Å². The highest BCUT2D eigenvalue weighted by Crippen LogP contribution is 2.37. The van der Waals surface area contributed by atoms with Crippen LogP contribution < -0.4 is 4.90 Å². The molecule has 3 heterocycles. The second-order valence-electron chi connectivity index (χ2n) is 5.08. The largest absolute Gasteiger partial charge is 0.419 e. The molecule has 7 heteroatoms. The van der Waals surface area contributed by atoms with Gasteiger partial charge in [0.05, 0.1) is 5.56 Å². The van der Waals surface area contributed by atoms with Crippen LogP contribution in [0.3, 0.4) is 0 Å². The molecule has 0 aromatic carbocycles. The van der Waals surface area contributed by atoms with Crippen molar-refractivity contribution in [2.45, 2.75) is 12.2 Å². The summed E-state index contributed by atoms with van der Waals surface area (Å²) < 4.78 is 38.8. The van der Waals surface area contributed by atoms with E-state index in [1.165, 1.54) is 12.3 Å². The van der Waals surface area contributed by atoms with E-state index in [0.29, 0.717) is 19.1 Å². The molecule has 0 unspecified atom stereocenters. The number of hydrogen-bond donors (Lipinski definition) is 0. The van der Waals surface area contributed by atoms with E-state index in [4.69, 9.17) is 0 Å². The summed E-state index contributed by atoms with van der Waals surface area (Å²) in [5.41, 5.74) is -0.632. The van der Waals surface area contributed by atoms with Crippen molar-refractivity contribution >= 4 is 17.6 Å². The molecule has 0 N–H and O–H groups in total. The average molecular weight is 303 g/mol. The van der Waals surface area contributed by atoms with Gasteiger partial charge in [0.2, 0.25) is 0 Å². The summed E-state index contributed by atoms with van der Waals surface area (Å²) in [7, 11) is 0. The Kier molecular flexibility index (Phi) is 3.81. The van der Waals surface area contributed by atoms with E-state index < -0.39 is 11.7 Å². The predicted octanol–water partition coefficient (Wildman–Crippen LogP) is 2.34. The standard InChI is InChI=1S/C13H16F3N3S/c14-13(15,16)11-2-1-3-17-12(11)19-8-10(9-19)18-4-6-20-7-5-18/h1-3,10H,4-9H2. The highest BCUT2D eigenvalue weighted by molar-refractivity contribution is 7.99. The molecule has 3 rings (SSSR count). The number of anilines is 1. The van der Waals surface area contributed by atoms with E-state index in [0.717, 1.165) is 30.7 Å². The lowest BCUT2D eigenvalue weighted by Gasteiger charge is -2.47. The van der Waals surface area contributed by atoms with Gasteiger partial charge in [-0.2, -0.15) is 24.9 Å². The third-order valence-electron chi connectivity index (χ3n) is 3.82. The second kappa shape index (κ2) is 5.44. The quantitative estimate of drug-likeness (QED) is 0.835. The van der Waals surface area contributed by atoms with E-state index in [-0.39, 0.29) is 5.82 Å². The third kappa shape index (κ3) is 2.74. The first-order valence-corrected chi connectivity index (χ1v) is 7.80.